The first-order valence-corrected chi connectivity index (χ1v) is 9.87. The fourth-order valence-electron chi connectivity index (χ4n) is 3.22. The second-order valence-electron chi connectivity index (χ2n) is 6.83. The zero-order chi connectivity index (χ0) is 19.9. The van der Waals surface area contributed by atoms with Gasteiger partial charge in [-0.3, -0.25) is 0 Å². The second-order valence-corrected chi connectivity index (χ2v) is 6.83. The van der Waals surface area contributed by atoms with E-state index >= 15 is 0 Å². The van der Waals surface area contributed by atoms with E-state index in [0.29, 0.717) is 0 Å². The summed E-state index contributed by atoms with van der Waals surface area (Å²) in [5.41, 5.74) is 2.19. The molecule has 0 fully saturated rings. The van der Waals surface area contributed by atoms with Gasteiger partial charge in [-0.15, -0.1) is 0 Å². The standard InChI is InChI=1S/C24H24N4O/c1-2-8-23(27-20-17-26-28(18-20)24-11-6-7-16-25-24)19-12-14-22(15-13-19)29-21-9-4-3-5-10-21/h3-7,9-18,23,27H,2,8H2,1H3. The predicted octanol–water partition coefficient (Wildman–Crippen LogP) is 6.01. The molecule has 0 bridgehead atoms. The maximum absolute atomic E-state index is 5.90. The van der Waals surface area contributed by atoms with Crippen molar-refractivity contribution in [2.75, 3.05) is 5.32 Å². The zero-order valence-corrected chi connectivity index (χ0v) is 16.4. The van der Waals surface area contributed by atoms with E-state index in [9.17, 15) is 0 Å². The van der Waals surface area contributed by atoms with Crippen LogP contribution in [0.5, 0.6) is 11.5 Å². The minimum atomic E-state index is 0.201. The second kappa shape index (κ2) is 9.06. The third kappa shape index (κ3) is 4.82. The van der Waals surface area contributed by atoms with Gasteiger partial charge in [0.1, 0.15) is 11.5 Å². The van der Waals surface area contributed by atoms with Gasteiger partial charge in [0, 0.05) is 6.20 Å². The van der Waals surface area contributed by atoms with Crippen molar-refractivity contribution < 1.29 is 4.74 Å². The normalized spacial score (nSPS) is 11.8. The van der Waals surface area contributed by atoms with Gasteiger partial charge in [-0.25, -0.2) is 9.67 Å². The van der Waals surface area contributed by atoms with Crippen LogP contribution in [0.3, 0.4) is 0 Å². The van der Waals surface area contributed by atoms with Gasteiger partial charge in [0.25, 0.3) is 0 Å². The molecule has 1 atom stereocenters. The Morgan fingerprint density at radius 1 is 0.931 bits per heavy atom. The predicted molar refractivity (Wildman–Crippen MR) is 116 cm³/mol. The summed E-state index contributed by atoms with van der Waals surface area (Å²) < 4.78 is 7.68. The largest absolute Gasteiger partial charge is 0.457 e. The maximum Gasteiger partial charge on any atom is 0.153 e. The number of nitrogens with zero attached hydrogens (tertiary/aromatic N) is 3. The molecule has 0 spiro atoms. The van der Waals surface area contributed by atoms with Crippen LogP contribution in [0.25, 0.3) is 5.82 Å². The maximum atomic E-state index is 5.90. The van der Waals surface area contributed by atoms with Gasteiger partial charge in [-0.1, -0.05) is 49.7 Å². The van der Waals surface area contributed by atoms with Gasteiger partial charge in [0.05, 0.1) is 24.1 Å². The van der Waals surface area contributed by atoms with Crippen LogP contribution in [0.4, 0.5) is 5.69 Å². The first-order valence-electron chi connectivity index (χ1n) is 9.87. The van der Waals surface area contributed by atoms with Crippen LogP contribution in [-0.4, -0.2) is 14.8 Å². The molecule has 0 aliphatic carbocycles. The van der Waals surface area contributed by atoms with Crippen molar-refractivity contribution in [3.05, 3.63) is 97.0 Å². The number of para-hydroxylation sites is 1. The van der Waals surface area contributed by atoms with Crippen LogP contribution < -0.4 is 10.1 Å². The van der Waals surface area contributed by atoms with Crippen LogP contribution >= 0.6 is 0 Å². The number of ether oxygens (including phenoxy) is 1. The van der Waals surface area contributed by atoms with E-state index in [4.69, 9.17) is 4.74 Å². The number of pyridine rings is 1. The summed E-state index contributed by atoms with van der Waals surface area (Å²) in [6, 6.07) is 24.1. The Kier molecular flexibility index (Phi) is 5.86. The molecule has 0 radical (unpaired) electrons. The highest BCUT2D eigenvalue weighted by Gasteiger charge is 2.12. The van der Waals surface area contributed by atoms with Crippen molar-refractivity contribution in [1.29, 1.82) is 0 Å². The number of hydrogen-bond acceptors (Lipinski definition) is 4. The first kappa shape index (κ1) is 18.7. The van der Waals surface area contributed by atoms with Crippen LogP contribution in [0, 0.1) is 0 Å². The molecular formula is C24H24N4O. The monoisotopic (exact) mass is 384 g/mol. The van der Waals surface area contributed by atoms with Crippen molar-refractivity contribution in [2.45, 2.75) is 25.8 Å². The van der Waals surface area contributed by atoms with Gasteiger partial charge in [0.2, 0.25) is 0 Å². The van der Waals surface area contributed by atoms with Crippen molar-refractivity contribution >= 4 is 5.69 Å². The van der Waals surface area contributed by atoms with Crippen LogP contribution in [0.1, 0.15) is 31.4 Å². The van der Waals surface area contributed by atoms with Crippen molar-refractivity contribution in [2.24, 2.45) is 0 Å². The zero-order valence-electron chi connectivity index (χ0n) is 16.4. The summed E-state index contributed by atoms with van der Waals surface area (Å²) in [4.78, 5) is 4.34. The average molecular weight is 384 g/mol. The Labute approximate surface area is 171 Å². The lowest BCUT2D eigenvalue weighted by Gasteiger charge is -2.19. The number of aromatic nitrogens is 3. The number of benzene rings is 2. The third-order valence-corrected chi connectivity index (χ3v) is 4.65. The molecule has 0 amide bonds. The topological polar surface area (TPSA) is 52.0 Å². The molecule has 29 heavy (non-hydrogen) atoms. The van der Waals surface area contributed by atoms with Gasteiger partial charge < -0.3 is 10.1 Å². The van der Waals surface area contributed by atoms with E-state index in [2.05, 4.69) is 34.5 Å². The summed E-state index contributed by atoms with van der Waals surface area (Å²) in [5, 5.41) is 8.03. The highest BCUT2D eigenvalue weighted by Crippen LogP contribution is 2.27. The van der Waals surface area contributed by atoms with Crippen LogP contribution in [0.15, 0.2) is 91.4 Å². The van der Waals surface area contributed by atoms with Gasteiger partial charge in [0.15, 0.2) is 5.82 Å². The highest BCUT2D eigenvalue weighted by atomic mass is 16.5. The molecule has 0 aliphatic heterocycles. The molecule has 5 nitrogen and oxygen atoms in total. The first-order chi connectivity index (χ1) is 14.3. The molecule has 0 saturated heterocycles. The molecule has 1 unspecified atom stereocenters. The van der Waals surface area contributed by atoms with E-state index < -0.39 is 0 Å². The molecule has 146 valence electrons. The number of anilines is 1. The molecule has 2 aromatic carbocycles. The van der Waals surface area contributed by atoms with Crippen molar-refractivity contribution in [3.63, 3.8) is 0 Å². The lowest BCUT2D eigenvalue weighted by atomic mass is 10.0. The summed E-state index contributed by atoms with van der Waals surface area (Å²) in [5.74, 6) is 2.47. The Hall–Kier alpha value is -3.60. The molecule has 4 aromatic rings. The van der Waals surface area contributed by atoms with E-state index in [1.54, 1.807) is 10.9 Å². The lowest BCUT2D eigenvalue weighted by Crippen LogP contribution is -2.10. The molecule has 0 saturated carbocycles. The lowest BCUT2D eigenvalue weighted by molar-refractivity contribution is 0.482. The van der Waals surface area contributed by atoms with E-state index in [0.717, 1.165) is 35.8 Å². The Balaban J connectivity index is 1.47. The summed E-state index contributed by atoms with van der Waals surface area (Å²) in [7, 11) is 0. The van der Waals surface area contributed by atoms with Gasteiger partial charge in [-0.2, -0.15) is 5.10 Å². The van der Waals surface area contributed by atoms with E-state index in [1.165, 1.54) is 5.56 Å². The van der Waals surface area contributed by atoms with Gasteiger partial charge in [-0.05, 0) is 48.4 Å². The molecule has 1 N–H and O–H groups in total. The molecule has 4 rings (SSSR count). The van der Waals surface area contributed by atoms with Crippen molar-refractivity contribution in [3.8, 4) is 17.3 Å². The minimum Gasteiger partial charge on any atom is -0.457 e. The number of nitrogens with one attached hydrogen (secondary N) is 1. The molecular weight excluding hydrogens is 360 g/mol. The summed E-state index contributed by atoms with van der Waals surface area (Å²) >= 11 is 0. The van der Waals surface area contributed by atoms with Crippen LogP contribution in [-0.2, 0) is 0 Å². The smallest absolute Gasteiger partial charge is 0.153 e. The third-order valence-electron chi connectivity index (χ3n) is 4.65. The Bertz CT molecular complexity index is 1010. The molecule has 0 aliphatic rings. The number of hydrogen-bond donors (Lipinski definition) is 1. The fourth-order valence-corrected chi connectivity index (χ4v) is 3.22. The Morgan fingerprint density at radius 2 is 1.69 bits per heavy atom. The fraction of sp³-hybridized carbons (Fsp3) is 0.167. The molecule has 2 aromatic heterocycles. The number of rotatable bonds is 8. The molecule has 5 heteroatoms. The van der Waals surface area contributed by atoms with Crippen LogP contribution in [0.2, 0.25) is 0 Å². The molecule has 2 heterocycles. The quantitative estimate of drug-likeness (QED) is 0.404. The summed E-state index contributed by atoms with van der Waals surface area (Å²) in [6.07, 6.45) is 7.67. The van der Waals surface area contributed by atoms with E-state index in [-0.39, 0.29) is 6.04 Å². The van der Waals surface area contributed by atoms with Crippen molar-refractivity contribution in [1.82, 2.24) is 14.8 Å². The highest BCUT2D eigenvalue weighted by molar-refractivity contribution is 5.44. The Morgan fingerprint density at radius 3 is 2.41 bits per heavy atom. The SMILES string of the molecule is CCCC(Nc1cnn(-c2ccccn2)c1)c1ccc(Oc2ccccc2)cc1. The van der Waals surface area contributed by atoms with E-state index in [1.807, 2.05) is 73.1 Å². The summed E-state index contributed by atoms with van der Waals surface area (Å²) in [6.45, 7) is 2.19. The minimum absolute atomic E-state index is 0.201. The average Bonchev–Trinajstić information content (AvgIpc) is 3.24. The van der Waals surface area contributed by atoms with Gasteiger partial charge >= 0.3 is 0 Å².